The molecule has 1 aromatic heterocycles. The van der Waals surface area contributed by atoms with Gasteiger partial charge in [0.15, 0.2) is 17.3 Å². The smallest absolute Gasteiger partial charge is 0.393 e. The van der Waals surface area contributed by atoms with Crippen molar-refractivity contribution in [3.8, 4) is 11.5 Å². The monoisotopic (exact) mass is 382 g/mol. The number of halogens is 3. The lowest BCUT2D eigenvalue weighted by atomic mass is 9.99. The van der Waals surface area contributed by atoms with Crippen LogP contribution in [0, 0.1) is 5.92 Å². The van der Waals surface area contributed by atoms with Gasteiger partial charge in [-0.1, -0.05) is 12.1 Å². The number of fused-ring (bicyclic) bond motifs is 2. The molecular weight excluding hydrogens is 365 g/mol. The van der Waals surface area contributed by atoms with Crippen LogP contribution >= 0.6 is 0 Å². The first-order valence-electron chi connectivity index (χ1n) is 8.55. The lowest BCUT2D eigenvalue weighted by Crippen LogP contribution is -2.44. The molecule has 2 atom stereocenters. The second-order valence-corrected chi connectivity index (χ2v) is 6.50. The molecule has 27 heavy (non-hydrogen) atoms. The SMILES string of the molecule is O=C(NCc1nnc2n1C[C@@H](C(F)(F)F)CC2)[C@@H]1COc2ccccc2O1. The van der Waals surface area contributed by atoms with Crippen molar-refractivity contribution in [3.63, 3.8) is 0 Å². The van der Waals surface area contributed by atoms with Gasteiger partial charge in [0, 0.05) is 13.0 Å². The van der Waals surface area contributed by atoms with Crippen LogP contribution in [-0.4, -0.2) is 39.6 Å². The summed E-state index contributed by atoms with van der Waals surface area (Å²) in [4.78, 5) is 12.3. The zero-order valence-electron chi connectivity index (χ0n) is 14.2. The van der Waals surface area contributed by atoms with Crippen molar-refractivity contribution in [1.29, 1.82) is 0 Å². The molecule has 10 heteroatoms. The lowest BCUT2D eigenvalue weighted by Gasteiger charge is -2.27. The van der Waals surface area contributed by atoms with E-state index in [-0.39, 0.29) is 32.5 Å². The highest BCUT2D eigenvalue weighted by Crippen LogP contribution is 2.34. The lowest BCUT2D eigenvalue weighted by molar-refractivity contribution is -0.182. The van der Waals surface area contributed by atoms with Crippen LogP contribution in [0.4, 0.5) is 13.2 Å². The number of hydrogen-bond donors (Lipinski definition) is 1. The number of nitrogens with one attached hydrogen (secondary N) is 1. The van der Waals surface area contributed by atoms with Gasteiger partial charge in [0.25, 0.3) is 5.91 Å². The molecule has 1 amide bonds. The fraction of sp³-hybridized carbons (Fsp3) is 0.471. The van der Waals surface area contributed by atoms with Crippen molar-refractivity contribution < 1.29 is 27.4 Å². The number of aromatic nitrogens is 3. The van der Waals surface area contributed by atoms with Gasteiger partial charge >= 0.3 is 6.18 Å². The molecule has 0 fully saturated rings. The van der Waals surface area contributed by atoms with E-state index in [4.69, 9.17) is 9.47 Å². The Morgan fingerprint density at radius 3 is 2.81 bits per heavy atom. The van der Waals surface area contributed by atoms with Gasteiger partial charge in [0.2, 0.25) is 6.10 Å². The second kappa shape index (κ2) is 6.75. The van der Waals surface area contributed by atoms with E-state index in [9.17, 15) is 18.0 Å². The van der Waals surface area contributed by atoms with Crippen molar-refractivity contribution in [2.24, 2.45) is 5.92 Å². The van der Waals surface area contributed by atoms with Crippen molar-refractivity contribution >= 4 is 5.91 Å². The van der Waals surface area contributed by atoms with Crippen LogP contribution in [0.1, 0.15) is 18.1 Å². The van der Waals surface area contributed by atoms with Crippen LogP contribution < -0.4 is 14.8 Å². The predicted molar refractivity (Wildman–Crippen MR) is 86.1 cm³/mol. The Kier molecular flexibility index (Phi) is 4.40. The van der Waals surface area contributed by atoms with Gasteiger partial charge in [0.1, 0.15) is 12.4 Å². The average molecular weight is 382 g/mol. The summed E-state index contributed by atoms with van der Waals surface area (Å²) in [6.07, 6.45) is -4.89. The van der Waals surface area contributed by atoms with E-state index in [1.165, 1.54) is 4.57 Å². The van der Waals surface area contributed by atoms with Gasteiger partial charge in [0.05, 0.1) is 12.5 Å². The fourth-order valence-electron chi connectivity index (χ4n) is 3.21. The Morgan fingerprint density at radius 1 is 1.26 bits per heavy atom. The van der Waals surface area contributed by atoms with Crippen LogP contribution in [0.5, 0.6) is 11.5 Å². The molecular formula is C17H17F3N4O3. The summed E-state index contributed by atoms with van der Waals surface area (Å²) in [7, 11) is 0. The summed E-state index contributed by atoms with van der Waals surface area (Å²) in [5.41, 5.74) is 0. The largest absolute Gasteiger partial charge is 0.485 e. The van der Waals surface area contributed by atoms with Crippen LogP contribution in [-0.2, 0) is 24.3 Å². The van der Waals surface area contributed by atoms with Crippen molar-refractivity contribution in [1.82, 2.24) is 20.1 Å². The number of carbonyl (C=O) groups excluding carboxylic acids is 1. The van der Waals surface area contributed by atoms with Gasteiger partial charge in [-0.15, -0.1) is 10.2 Å². The maximum atomic E-state index is 13.0. The van der Waals surface area contributed by atoms with Crippen molar-refractivity contribution in [2.75, 3.05) is 6.61 Å². The van der Waals surface area contributed by atoms with Gasteiger partial charge in [-0.05, 0) is 18.6 Å². The number of benzene rings is 1. The molecule has 7 nitrogen and oxygen atoms in total. The Morgan fingerprint density at radius 2 is 2.04 bits per heavy atom. The molecule has 0 radical (unpaired) electrons. The van der Waals surface area contributed by atoms with E-state index < -0.39 is 24.1 Å². The Bertz CT molecular complexity index is 852. The molecule has 1 N–H and O–H groups in total. The number of alkyl halides is 3. The Labute approximate surface area is 152 Å². The number of amides is 1. The maximum Gasteiger partial charge on any atom is 0.393 e. The fourth-order valence-corrected chi connectivity index (χ4v) is 3.21. The topological polar surface area (TPSA) is 78.3 Å². The van der Waals surface area contributed by atoms with Crippen molar-refractivity contribution in [3.05, 3.63) is 35.9 Å². The van der Waals surface area contributed by atoms with E-state index in [1.807, 2.05) is 0 Å². The highest BCUT2D eigenvalue weighted by molar-refractivity contribution is 5.81. The van der Waals surface area contributed by atoms with Gasteiger partial charge in [-0.25, -0.2) is 0 Å². The number of para-hydroxylation sites is 2. The van der Waals surface area contributed by atoms with E-state index >= 15 is 0 Å². The molecule has 2 aromatic rings. The minimum Gasteiger partial charge on any atom is -0.485 e. The summed E-state index contributed by atoms with van der Waals surface area (Å²) in [5.74, 6) is -0.0227. The van der Waals surface area contributed by atoms with Crippen molar-refractivity contribution in [2.45, 2.75) is 38.2 Å². The zero-order chi connectivity index (χ0) is 19.0. The van der Waals surface area contributed by atoms with Gasteiger partial charge < -0.3 is 19.4 Å². The van der Waals surface area contributed by atoms with E-state index in [1.54, 1.807) is 24.3 Å². The first-order valence-corrected chi connectivity index (χ1v) is 8.55. The highest BCUT2D eigenvalue weighted by Gasteiger charge is 2.42. The second-order valence-electron chi connectivity index (χ2n) is 6.50. The molecule has 2 aliphatic rings. The third-order valence-corrected chi connectivity index (χ3v) is 4.71. The van der Waals surface area contributed by atoms with Crippen LogP contribution in [0.25, 0.3) is 0 Å². The Hall–Kier alpha value is -2.78. The van der Waals surface area contributed by atoms with E-state index in [0.29, 0.717) is 23.1 Å². The predicted octanol–water partition coefficient (Wildman–Crippen LogP) is 1.86. The first kappa shape index (κ1) is 17.6. The molecule has 0 saturated carbocycles. The minimum absolute atomic E-state index is 0.000649. The third-order valence-electron chi connectivity index (χ3n) is 4.71. The maximum absolute atomic E-state index is 13.0. The summed E-state index contributed by atoms with van der Waals surface area (Å²) in [5, 5.41) is 10.5. The quantitative estimate of drug-likeness (QED) is 0.877. The summed E-state index contributed by atoms with van der Waals surface area (Å²) in [6.45, 7) is -0.206. The van der Waals surface area contributed by atoms with Gasteiger partial charge in [-0.3, -0.25) is 4.79 Å². The molecule has 0 unspecified atom stereocenters. The number of rotatable bonds is 3. The zero-order valence-corrected chi connectivity index (χ0v) is 14.2. The van der Waals surface area contributed by atoms with E-state index in [2.05, 4.69) is 15.5 Å². The third kappa shape index (κ3) is 3.56. The van der Waals surface area contributed by atoms with Crippen LogP contribution in [0.15, 0.2) is 24.3 Å². The number of nitrogens with zero attached hydrogens (tertiary/aromatic N) is 3. The highest BCUT2D eigenvalue weighted by atomic mass is 19.4. The number of carbonyl (C=O) groups is 1. The molecule has 144 valence electrons. The standard InChI is InChI=1S/C17H17F3N4O3/c18-17(19,20)10-5-6-14-22-23-15(24(14)8-10)7-21-16(25)13-9-26-11-3-1-2-4-12(11)27-13/h1-4,10,13H,5-9H2,(H,21,25)/t10-,13-/m0/s1. The number of hydrogen-bond acceptors (Lipinski definition) is 5. The average Bonchev–Trinajstić information content (AvgIpc) is 3.07. The molecule has 1 aromatic carbocycles. The molecule has 3 heterocycles. The van der Waals surface area contributed by atoms with Gasteiger partial charge in [-0.2, -0.15) is 13.2 Å². The minimum atomic E-state index is -4.26. The summed E-state index contributed by atoms with van der Waals surface area (Å²) < 4.78 is 51.5. The van der Waals surface area contributed by atoms with Crippen LogP contribution in [0.2, 0.25) is 0 Å². The molecule has 0 saturated heterocycles. The number of ether oxygens (including phenoxy) is 2. The summed E-state index contributed by atoms with van der Waals surface area (Å²) >= 11 is 0. The molecule has 0 aliphatic carbocycles. The first-order chi connectivity index (χ1) is 12.9. The molecule has 0 spiro atoms. The molecule has 2 aliphatic heterocycles. The number of aryl methyl sites for hydroxylation is 1. The van der Waals surface area contributed by atoms with E-state index in [0.717, 1.165) is 0 Å². The Balaban J connectivity index is 1.39. The van der Waals surface area contributed by atoms with Crippen LogP contribution in [0.3, 0.4) is 0 Å². The molecule has 0 bridgehead atoms. The molecule has 4 rings (SSSR count). The summed E-state index contributed by atoms with van der Waals surface area (Å²) in [6, 6.07) is 7.00. The normalized spacial score (nSPS) is 21.4.